The van der Waals surface area contributed by atoms with Crippen molar-refractivity contribution in [2.45, 2.75) is 162 Å². The zero-order valence-corrected chi connectivity index (χ0v) is 22.8. The van der Waals surface area contributed by atoms with E-state index in [4.69, 9.17) is 4.74 Å². The zero-order chi connectivity index (χ0) is 24.1. The van der Waals surface area contributed by atoms with Crippen LogP contribution >= 0.6 is 0 Å². The van der Waals surface area contributed by atoms with Crippen molar-refractivity contribution < 1.29 is 9.84 Å². The van der Waals surface area contributed by atoms with Gasteiger partial charge < -0.3 is 9.84 Å². The van der Waals surface area contributed by atoms with E-state index in [2.05, 4.69) is 34.6 Å². The van der Waals surface area contributed by atoms with Crippen LogP contribution in [0.15, 0.2) is 0 Å². The van der Waals surface area contributed by atoms with Crippen LogP contribution in [0, 0.1) is 6.92 Å². The molecule has 2 rings (SSSR count). The number of benzene rings is 1. The van der Waals surface area contributed by atoms with Crippen molar-refractivity contribution in [3.63, 3.8) is 0 Å². The van der Waals surface area contributed by atoms with E-state index in [-0.39, 0.29) is 5.60 Å². The topological polar surface area (TPSA) is 29.5 Å². The smallest absolute Gasteiger partial charge is 0.127 e. The quantitative estimate of drug-likeness (QED) is 0.235. The van der Waals surface area contributed by atoms with E-state index in [0.717, 1.165) is 54.5 Å². The van der Waals surface area contributed by atoms with Crippen LogP contribution in [-0.4, -0.2) is 10.7 Å². The summed E-state index contributed by atoms with van der Waals surface area (Å²) in [6.07, 6.45) is 24.6. The summed E-state index contributed by atoms with van der Waals surface area (Å²) in [5, 5.41) is 10.7. The third-order valence-electron chi connectivity index (χ3n) is 8.02. The molecule has 0 aliphatic carbocycles. The van der Waals surface area contributed by atoms with E-state index in [1.807, 2.05) is 0 Å². The SMILES string of the molecule is CCCCCCCCCCCCCCCCC1(C)CCc2c(CC)c(O)c(CC)c(C)c2O1. The molecule has 2 nitrogen and oxygen atoms in total. The number of hydrogen-bond acceptors (Lipinski definition) is 2. The van der Waals surface area contributed by atoms with Gasteiger partial charge in [0.15, 0.2) is 0 Å². The van der Waals surface area contributed by atoms with Gasteiger partial charge in [0, 0.05) is 16.7 Å². The van der Waals surface area contributed by atoms with Gasteiger partial charge in [-0.05, 0) is 57.9 Å². The molecule has 1 aliphatic rings. The molecular weight excluding hydrogens is 404 g/mol. The molecule has 33 heavy (non-hydrogen) atoms. The summed E-state index contributed by atoms with van der Waals surface area (Å²) >= 11 is 0. The molecule has 1 N–H and O–H groups in total. The van der Waals surface area contributed by atoms with E-state index in [0.29, 0.717) is 5.75 Å². The van der Waals surface area contributed by atoms with Crippen LogP contribution in [0.25, 0.3) is 0 Å². The molecule has 0 radical (unpaired) electrons. The molecule has 2 heteroatoms. The molecular formula is C31H54O2. The van der Waals surface area contributed by atoms with E-state index in [9.17, 15) is 5.11 Å². The first kappa shape index (κ1) is 28.1. The average Bonchev–Trinajstić information content (AvgIpc) is 2.80. The summed E-state index contributed by atoms with van der Waals surface area (Å²) in [5.41, 5.74) is 4.57. The van der Waals surface area contributed by atoms with Crippen molar-refractivity contribution in [1.82, 2.24) is 0 Å². The van der Waals surface area contributed by atoms with Crippen molar-refractivity contribution in [3.05, 3.63) is 22.3 Å². The maximum Gasteiger partial charge on any atom is 0.127 e. The summed E-state index contributed by atoms with van der Waals surface area (Å²) in [7, 11) is 0. The molecule has 1 aromatic rings. The van der Waals surface area contributed by atoms with Gasteiger partial charge in [-0.3, -0.25) is 0 Å². The third kappa shape index (κ3) is 8.52. The van der Waals surface area contributed by atoms with Crippen molar-refractivity contribution in [2.24, 2.45) is 0 Å². The van der Waals surface area contributed by atoms with Gasteiger partial charge in [-0.2, -0.15) is 0 Å². The maximum absolute atomic E-state index is 10.7. The molecule has 0 saturated heterocycles. The van der Waals surface area contributed by atoms with Crippen LogP contribution in [-0.2, 0) is 19.3 Å². The second kappa shape index (κ2) is 14.9. The number of aromatic hydroxyl groups is 1. The lowest BCUT2D eigenvalue weighted by atomic mass is 9.83. The number of phenols is 1. The lowest BCUT2D eigenvalue weighted by molar-refractivity contribution is 0.0520. The second-order valence-electron chi connectivity index (χ2n) is 10.8. The van der Waals surface area contributed by atoms with Crippen molar-refractivity contribution >= 4 is 0 Å². The summed E-state index contributed by atoms with van der Waals surface area (Å²) in [6.45, 7) is 11.0. The fourth-order valence-corrected chi connectivity index (χ4v) is 5.78. The van der Waals surface area contributed by atoms with Gasteiger partial charge >= 0.3 is 0 Å². The minimum atomic E-state index is -0.0537. The number of fused-ring (bicyclic) bond motifs is 1. The first-order valence-electron chi connectivity index (χ1n) is 14.5. The molecule has 1 aromatic carbocycles. The van der Waals surface area contributed by atoms with Gasteiger partial charge in [0.2, 0.25) is 0 Å². The predicted molar refractivity (Wildman–Crippen MR) is 144 cm³/mol. The van der Waals surface area contributed by atoms with Gasteiger partial charge in [-0.15, -0.1) is 0 Å². The molecule has 0 saturated carbocycles. The highest BCUT2D eigenvalue weighted by Crippen LogP contribution is 2.45. The highest BCUT2D eigenvalue weighted by molar-refractivity contribution is 5.59. The van der Waals surface area contributed by atoms with Crippen LogP contribution in [0.5, 0.6) is 11.5 Å². The highest BCUT2D eigenvalue weighted by atomic mass is 16.5. The Balaban J connectivity index is 1.64. The summed E-state index contributed by atoms with van der Waals surface area (Å²) in [5.74, 6) is 1.61. The van der Waals surface area contributed by atoms with E-state index in [1.54, 1.807) is 0 Å². The van der Waals surface area contributed by atoms with Crippen molar-refractivity contribution in [1.29, 1.82) is 0 Å². The second-order valence-corrected chi connectivity index (χ2v) is 10.8. The van der Waals surface area contributed by atoms with E-state index < -0.39 is 0 Å². The molecule has 0 aromatic heterocycles. The molecule has 0 bridgehead atoms. The standard InChI is InChI=1S/C31H54O2/c1-6-9-10-11-12-13-14-15-16-17-18-19-20-21-23-31(5)24-22-28-27(8-3)29(32)26(7-2)25(4)30(28)33-31/h32H,6-24H2,1-5H3. The predicted octanol–water partition coefficient (Wildman–Crippen LogP) is 9.78. The Hall–Kier alpha value is -1.18. The summed E-state index contributed by atoms with van der Waals surface area (Å²) in [6, 6.07) is 0. The molecule has 1 unspecified atom stereocenters. The van der Waals surface area contributed by atoms with Gasteiger partial charge in [0.1, 0.15) is 17.1 Å². The van der Waals surface area contributed by atoms with Gasteiger partial charge in [-0.25, -0.2) is 0 Å². The number of phenolic OH excluding ortho intramolecular Hbond substituents is 1. The minimum absolute atomic E-state index is 0.0537. The van der Waals surface area contributed by atoms with Gasteiger partial charge in [0.05, 0.1) is 0 Å². The van der Waals surface area contributed by atoms with Crippen LogP contribution < -0.4 is 4.74 Å². The zero-order valence-electron chi connectivity index (χ0n) is 22.8. The number of hydrogen-bond donors (Lipinski definition) is 1. The van der Waals surface area contributed by atoms with Crippen LogP contribution in [0.3, 0.4) is 0 Å². The molecule has 1 aliphatic heterocycles. The Kier molecular flexibility index (Phi) is 12.7. The van der Waals surface area contributed by atoms with Crippen LogP contribution in [0.1, 0.15) is 153 Å². The van der Waals surface area contributed by atoms with Gasteiger partial charge in [-0.1, -0.05) is 104 Å². The normalized spacial score (nSPS) is 17.7. The Labute approximate surface area is 205 Å². The van der Waals surface area contributed by atoms with E-state index in [1.165, 1.54) is 95.5 Å². The monoisotopic (exact) mass is 458 g/mol. The fourth-order valence-electron chi connectivity index (χ4n) is 5.78. The molecule has 0 fully saturated rings. The van der Waals surface area contributed by atoms with Crippen LogP contribution in [0.2, 0.25) is 0 Å². The lowest BCUT2D eigenvalue weighted by Crippen LogP contribution is -2.37. The third-order valence-corrected chi connectivity index (χ3v) is 8.02. The number of ether oxygens (including phenoxy) is 1. The Morgan fingerprint density at radius 1 is 0.727 bits per heavy atom. The maximum atomic E-state index is 10.7. The first-order chi connectivity index (χ1) is 16.0. The summed E-state index contributed by atoms with van der Waals surface area (Å²) in [4.78, 5) is 0. The van der Waals surface area contributed by atoms with E-state index >= 15 is 0 Å². The number of unbranched alkanes of at least 4 members (excludes halogenated alkanes) is 13. The Morgan fingerprint density at radius 2 is 1.21 bits per heavy atom. The molecule has 1 heterocycles. The van der Waals surface area contributed by atoms with Crippen molar-refractivity contribution in [2.75, 3.05) is 0 Å². The fraction of sp³-hybridized carbons (Fsp3) is 0.806. The van der Waals surface area contributed by atoms with Crippen molar-refractivity contribution in [3.8, 4) is 11.5 Å². The molecule has 190 valence electrons. The molecule has 0 amide bonds. The molecule has 0 spiro atoms. The largest absolute Gasteiger partial charge is 0.507 e. The number of rotatable bonds is 17. The minimum Gasteiger partial charge on any atom is -0.507 e. The Morgan fingerprint density at radius 3 is 1.70 bits per heavy atom. The average molecular weight is 459 g/mol. The summed E-state index contributed by atoms with van der Waals surface area (Å²) < 4.78 is 6.69. The lowest BCUT2D eigenvalue weighted by Gasteiger charge is -2.38. The highest BCUT2D eigenvalue weighted by Gasteiger charge is 2.34. The first-order valence-corrected chi connectivity index (χ1v) is 14.5. The Bertz CT molecular complexity index is 693. The molecule has 1 atom stereocenters. The van der Waals surface area contributed by atoms with Gasteiger partial charge in [0.25, 0.3) is 0 Å². The van der Waals surface area contributed by atoms with Crippen LogP contribution in [0.4, 0.5) is 0 Å².